The third-order valence-electron chi connectivity index (χ3n) is 6.51. The lowest BCUT2D eigenvalue weighted by Gasteiger charge is -2.35. The Hall–Kier alpha value is -3.08. The molecule has 1 aliphatic rings. The van der Waals surface area contributed by atoms with Gasteiger partial charge in [0.25, 0.3) is 0 Å². The van der Waals surface area contributed by atoms with Gasteiger partial charge in [-0.25, -0.2) is 0 Å². The Bertz CT molecular complexity index is 1040. The minimum atomic E-state index is 0.155. The Balaban J connectivity index is 1.75. The molecule has 4 rings (SSSR count). The van der Waals surface area contributed by atoms with Gasteiger partial charge < -0.3 is 20.0 Å². The van der Waals surface area contributed by atoms with Gasteiger partial charge in [-0.15, -0.1) is 0 Å². The van der Waals surface area contributed by atoms with Crippen molar-refractivity contribution >= 4 is 16.8 Å². The Morgan fingerprint density at radius 3 is 1.94 bits per heavy atom. The normalized spacial score (nSPS) is 15.4. The van der Waals surface area contributed by atoms with Gasteiger partial charge in [0.1, 0.15) is 5.75 Å². The molecule has 0 amide bonds. The molecular weight excluding hydrogens is 408 g/mol. The molecule has 3 aromatic rings. The van der Waals surface area contributed by atoms with Crippen LogP contribution >= 0.6 is 0 Å². The SMILES string of the molecule is CCN1CCN(c2ccc(/C(=C(/CCCO)c3ccccc3)c3ccc(O)cc3)cc2)CC1. The van der Waals surface area contributed by atoms with Crippen molar-refractivity contribution in [2.45, 2.75) is 19.8 Å². The van der Waals surface area contributed by atoms with Crippen molar-refractivity contribution in [2.24, 2.45) is 0 Å². The van der Waals surface area contributed by atoms with Crippen LogP contribution in [0, 0.1) is 0 Å². The van der Waals surface area contributed by atoms with Crippen molar-refractivity contribution in [3.63, 3.8) is 0 Å². The van der Waals surface area contributed by atoms with E-state index in [9.17, 15) is 10.2 Å². The topological polar surface area (TPSA) is 46.9 Å². The van der Waals surface area contributed by atoms with Crippen LogP contribution in [0.3, 0.4) is 0 Å². The van der Waals surface area contributed by atoms with Crippen LogP contribution in [0.5, 0.6) is 5.75 Å². The van der Waals surface area contributed by atoms with Crippen LogP contribution in [0.1, 0.15) is 36.5 Å². The van der Waals surface area contributed by atoms with E-state index in [1.54, 1.807) is 12.1 Å². The minimum absolute atomic E-state index is 0.155. The molecule has 1 aliphatic heterocycles. The number of piperazine rings is 1. The van der Waals surface area contributed by atoms with Crippen molar-refractivity contribution in [3.8, 4) is 5.75 Å². The molecular formula is C29H34N2O2. The van der Waals surface area contributed by atoms with Crippen LogP contribution in [0.4, 0.5) is 5.69 Å². The maximum atomic E-state index is 9.87. The maximum Gasteiger partial charge on any atom is 0.115 e. The molecule has 172 valence electrons. The predicted octanol–water partition coefficient (Wildman–Crippen LogP) is 5.27. The predicted molar refractivity (Wildman–Crippen MR) is 138 cm³/mol. The molecule has 0 atom stereocenters. The van der Waals surface area contributed by atoms with Crippen LogP contribution < -0.4 is 4.90 Å². The Kier molecular flexibility index (Phi) is 7.82. The number of anilines is 1. The number of likely N-dealkylation sites (N-methyl/N-ethyl adjacent to an activating group) is 1. The number of phenolic OH excluding ortho intramolecular Hbond substituents is 1. The molecule has 1 saturated heterocycles. The van der Waals surface area contributed by atoms with Gasteiger partial charge >= 0.3 is 0 Å². The quantitative estimate of drug-likeness (QED) is 0.467. The smallest absolute Gasteiger partial charge is 0.115 e. The minimum Gasteiger partial charge on any atom is -0.508 e. The van der Waals surface area contributed by atoms with Crippen LogP contribution in [0.2, 0.25) is 0 Å². The lowest BCUT2D eigenvalue weighted by molar-refractivity contribution is 0.271. The zero-order valence-electron chi connectivity index (χ0n) is 19.5. The summed E-state index contributed by atoms with van der Waals surface area (Å²) in [6, 6.07) is 26.7. The van der Waals surface area contributed by atoms with E-state index in [2.05, 4.69) is 65.3 Å². The highest BCUT2D eigenvalue weighted by Gasteiger charge is 2.18. The fourth-order valence-corrected chi connectivity index (χ4v) is 4.61. The van der Waals surface area contributed by atoms with E-state index >= 15 is 0 Å². The standard InChI is InChI=1S/C29H34N2O2/c1-2-30-18-20-31(21-19-30)26-14-10-24(11-15-26)29(25-12-16-27(33)17-13-25)28(9-6-22-32)23-7-4-3-5-8-23/h3-5,7-8,10-17,32-33H,2,6,9,18-22H2,1H3/b29-28+. The average Bonchev–Trinajstić information content (AvgIpc) is 2.88. The first-order valence-electron chi connectivity index (χ1n) is 12.0. The number of nitrogens with zero attached hydrogens (tertiary/aromatic N) is 2. The second-order valence-electron chi connectivity index (χ2n) is 8.56. The number of hydrogen-bond acceptors (Lipinski definition) is 4. The van der Waals surface area contributed by atoms with Crippen LogP contribution in [-0.4, -0.2) is 54.4 Å². The number of allylic oxidation sites excluding steroid dienone is 1. The van der Waals surface area contributed by atoms with Gasteiger partial charge in [0.2, 0.25) is 0 Å². The van der Waals surface area contributed by atoms with Gasteiger partial charge in [-0.1, -0.05) is 61.5 Å². The number of benzene rings is 3. The van der Waals surface area contributed by atoms with Gasteiger partial charge in [-0.3, -0.25) is 0 Å². The Morgan fingerprint density at radius 2 is 1.36 bits per heavy atom. The highest BCUT2D eigenvalue weighted by molar-refractivity contribution is 5.98. The van der Waals surface area contributed by atoms with Gasteiger partial charge in [-0.2, -0.15) is 0 Å². The third-order valence-corrected chi connectivity index (χ3v) is 6.51. The van der Waals surface area contributed by atoms with Crippen molar-refractivity contribution in [1.82, 2.24) is 4.90 Å². The molecule has 3 aromatic carbocycles. The second kappa shape index (κ2) is 11.2. The van der Waals surface area contributed by atoms with Gasteiger partial charge in [0.15, 0.2) is 0 Å². The number of rotatable bonds is 8. The molecule has 0 aliphatic carbocycles. The van der Waals surface area contributed by atoms with E-state index in [-0.39, 0.29) is 12.4 Å². The summed E-state index contributed by atoms with van der Waals surface area (Å²) in [5.41, 5.74) is 6.99. The number of hydrogen-bond donors (Lipinski definition) is 2. The number of phenols is 1. The van der Waals surface area contributed by atoms with Crippen molar-refractivity contribution in [3.05, 3.63) is 95.6 Å². The van der Waals surface area contributed by atoms with E-state index in [4.69, 9.17) is 0 Å². The number of aromatic hydroxyl groups is 1. The van der Waals surface area contributed by atoms with Crippen LogP contribution in [-0.2, 0) is 0 Å². The fraction of sp³-hybridized carbons (Fsp3) is 0.310. The Labute approximate surface area is 197 Å². The second-order valence-corrected chi connectivity index (χ2v) is 8.56. The van der Waals surface area contributed by atoms with E-state index < -0.39 is 0 Å². The van der Waals surface area contributed by atoms with Crippen molar-refractivity contribution in [2.75, 3.05) is 44.2 Å². The highest BCUT2D eigenvalue weighted by Crippen LogP contribution is 2.36. The lowest BCUT2D eigenvalue weighted by Crippen LogP contribution is -2.46. The number of aliphatic hydroxyl groups excluding tert-OH is 1. The summed E-state index contributed by atoms with van der Waals surface area (Å²) in [5.74, 6) is 0.260. The molecule has 0 saturated carbocycles. The summed E-state index contributed by atoms with van der Waals surface area (Å²) in [7, 11) is 0. The van der Waals surface area contributed by atoms with Crippen molar-refractivity contribution < 1.29 is 10.2 Å². The zero-order chi connectivity index (χ0) is 23.0. The highest BCUT2D eigenvalue weighted by atomic mass is 16.3. The first-order chi connectivity index (χ1) is 16.2. The lowest BCUT2D eigenvalue weighted by atomic mass is 9.87. The molecule has 2 N–H and O–H groups in total. The zero-order valence-corrected chi connectivity index (χ0v) is 19.5. The molecule has 33 heavy (non-hydrogen) atoms. The Morgan fingerprint density at radius 1 is 0.758 bits per heavy atom. The number of aliphatic hydroxyl groups is 1. The molecule has 4 nitrogen and oxygen atoms in total. The summed E-state index contributed by atoms with van der Waals surface area (Å²) in [6.45, 7) is 7.82. The van der Waals surface area contributed by atoms with E-state index in [1.807, 2.05) is 18.2 Å². The van der Waals surface area contributed by atoms with Gasteiger partial charge in [0.05, 0.1) is 0 Å². The molecule has 0 aromatic heterocycles. The fourth-order valence-electron chi connectivity index (χ4n) is 4.61. The van der Waals surface area contributed by atoms with Crippen LogP contribution in [0.25, 0.3) is 11.1 Å². The first kappa shape index (κ1) is 23.1. The summed E-state index contributed by atoms with van der Waals surface area (Å²) >= 11 is 0. The summed E-state index contributed by atoms with van der Waals surface area (Å²) in [4.78, 5) is 4.95. The summed E-state index contributed by atoms with van der Waals surface area (Å²) in [5, 5.41) is 19.4. The van der Waals surface area contributed by atoms with E-state index in [0.29, 0.717) is 6.42 Å². The van der Waals surface area contributed by atoms with Crippen molar-refractivity contribution in [1.29, 1.82) is 0 Å². The molecule has 1 heterocycles. The monoisotopic (exact) mass is 442 g/mol. The molecule has 0 bridgehead atoms. The average molecular weight is 443 g/mol. The largest absolute Gasteiger partial charge is 0.508 e. The molecule has 0 unspecified atom stereocenters. The van der Waals surface area contributed by atoms with Gasteiger partial charge in [-0.05, 0) is 71.5 Å². The molecule has 1 fully saturated rings. The third kappa shape index (κ3) is 5.65. The maximum absolute atomic E-state index is 9.87. The van der Waals surface area contributed by atoms with E-state index in [0.717, 1.165) is 61.4 Å². The first-order valence-corrected chi connectivity index (χ1v) is 12.0. The van der Waals surface area contributed by atoms with Gasteiger partial charge in [0, 0.05) is 38.5 Å². The van der Waals surface area contributed by atoms with E-state index in [1.165, 1.54) is 11.3 Å². The summed E-state index contributed by atoms with van der Waals surface area (Å²) < 4.78 is 0. The molecule has 4 heteroatoms. The molecule has 0 spiro atoms. The van der Waals surface area contributed by atoms with Crippen LogP contribution in [0.15, 0.2) is 78.9 Å². The summed E-state index contributed by atoms with van der Waals surface area (Å²) in [6.07, 6.45) is 1.48. The molecule has 0 radical (unpaired) electrons.